The average Bonchev–Trinajstić information content (AvgIpc) is 2.53. The van der Waals surface area contributed by atoms with Gasteiger partial charge in [-0.2, -0.15) is 0 Å². The first kappa shape index (κ1) is 18.0. The van der Waals surface area contributed by atoms with Crippen LogP contribution in [0.1, 0.15) is 5.56 Å². The Kier molecular flexibility index (Phi) is 5.42. The number of nitro benzene ring substituents is 1. The summed E-state index contributed by atoms with van der Waals surface area (Å²) in [5, 5.41) is 10.5. The fourth-order valence-corrected chi connectivity index (χ4v) is 1.75. The van der Waals surface area contributed by atoms with Crippen molar-refractivity contribution >= 4 is 11.8 Å². The molecular formula is C15H10F3NO6. The summed E-state index contributed by atoms with van der Waals surface area (Å²) in [6, 6.07) is 9.75. The highest BCUT2D eigenvalue weighted by atomic mass is 19.4. The molecule has 7 nitrogen and oxygen atoms in total. The third-order valence-corrected chi connectivity index (χ3v) is 2.79. The van der Waals surface area contributed by atoms with E-state index in [2.05, 4.69) is 4.74 Å². The minimum atomic E-state index is -4.88. The summed E-state index contributed by atoms with van der Waals surface area (Å²) in [6.45, 7) is -0.516. The second-order valence-corrected chi connectivity index (χ2v) is 4.55. The van der Waals surface area contributed by atoms with Crippen LogP contribution in [0.25, 0.3) is 0 Å². The Bertz CT molecular complexity index is 761. The van der Waals surface area contributed by atoms with Crippen LogP contribution >= 0.6 is 0 Å². The van der Waals surface area contributed by atoms with Crippen molar-refractivity contribution in [1.29, 1.82) is 0 Å². The van der Waals surface area contributed by atoms with Gasteiger partial charge in [0, 0.05) is 17.7 Å². The Morgan fingerprint density at radius 1 is 1.08 bits per heavy atom. The number of rotatable bonds is 5. The maximum atomic E-state index is 12.3. The topological polar surface area (TPSA) is 87.9 Å². The molecule has 25 heavy (non-hydrogen) atoms. The van der Waals surface area contributed by atoms with Crippen molar-refractivity contribution in [3.05, 3.63) is 64.2 Å². The van der Waals surface area contributed by atoms with Gasteiger partial charge >= 0.3 is 12.5 Å². The third-order valence-electron chi connectivity index (χ3n) is 2.79. The number of halogens is 3. The molecule has 0 fully saturated rings. The summed E-state index contributed by atoms with van der Waals surface area (Å²) >= 11 is 0. The van der Waals surface area contributed by atoms with Crippen molar-refractivity contribution in [2.24, 2.45) is 0 Å². The zero-order valence-electron chi connectivity index (χ0n) is 12.4. The molecule has 2 aromatic carbocycles. The average molecular weight is 357 g/mol. The lowest BCUT2D eigenvalue weighted by atomic mass is 10.2. The van der Waals surface area contributed by atoms with E-state index >= 15 is 0 Å². The highest BCUT2D eigenvalue weighted by molar-refractivity contribution is 5.64. The van der Waals surface area contributed by atoms with E-state index in [0.717, 1.165) is 18.2 Å². The zero-order chi connectivity index (χ0) is 18.4. The molecule has 0 N–H and O–H groups in total. The lowest BCUT2D eigenvalue weighted by Crippen LogP contribution is -2.18. The molecule has 0 heterocycles. The Hall–Kier alpha value is -3.30. The molecule has 10 heteroatoms. The number of carbonyl (C=O) groups excluding carboxylic acids is 1. The number of hydrogen-bond donors (Lipinski definition) is 0. The summed E-state index contributed by atoms with van der Waals surface area (Å²) in [6.07, 6.45) is -6.06. The Morgan fingerprint density at radius 2 is 1.72 bits per heavy atom. The molecule has 0 radical (unpaired) electrons. The molecular weight excluding hydrogens is 347 g/mol. The summed E-state index contributed by atoms with van der Waals surface area (Å²) in [7, 11) is 0. The second kappa shape index (κ2) is 7.51. The van der Waals surface area contributed by atoms with Gasteiger partial charge in [0.15, 0.2) is 0 Å². The quantitative estimate of drug-likeness (QED) is 0.345. The van der Waals surface area contributed by atoms with Crippen LogP contribution in [0.2, 0.25) is 0 Å². The van der Waals surface area contributed by atoms with Gasteiger partial charge in [-0.1, -0.05) is 18.2 Å². The first-order chi connectivity index (χ1) is 11.7. The SMILES string of the molecule is O=C(OCc1ccccc1OC(F)(F)F)Oc1ccc([N+](=O)[O-])cc1. The van der Waals surface area contributed by atoms with Gasteiger partial charge < -0.3 is 14.2 Å². The van der Waals surface area contributed by atoms with E-state index in [-0.39, 0.29) is 17.0 Å². The molecule has 0 spiro atoms. The van der Waals surface area contributed by atoms with Crippen molar-refractivity contribution in [2.75, 3.05) is 0 Å². The van der Waals surface area contributed by atoms with E-state index in [1.165, 1.54) is 30.3 Å². The summed E-state index contributed by atoms with van der Waals surface area (Å²) in [4.78, 5) is 21.4. The lowest BCUT2D eigenvalue weighted by Gasteiger charge is -2.13. The second-order valence-electron chi connectivity index (χ2n) is 4.55. The molecule has 0 unspecified atom stereocenters. The van der Waals surface area contributed by atoms with Gasteiger partial charge in [-0.05, 0) is 18.2 Å². The van der Waals surface area contributed by atoms with E-state index < -0.39 is 29.8 Å². The number of nitrogens with zero attached hydrogens (tertiary/aromatic N) is 1. The summed E-state index contributed by atoms with van der Waals surface area (Å²) in [5.41, 5.74) is -0.209. The van der Waals surface area contributed by atoms with Crippen LogP contribution < -0.4 is 9.47 Å². The van der Waals surface area contributed by atoms with Crippen LogP contribution in [0.5, 0.6) is 11.5 Å². The van der Waals surface area contributed by atoms with Gasteiger partial charge in [0.25, 0.3) is 5.69 Å². The van der Waals surface area contributed by atoms with Gasteiger partial charge in [0.2, 0.25) is 0 Å². The molecule has 132 valence electrons. The van der Waals surface area contributed by atoms with Crippen LogP contribution in [-0.4, -0.2) is 17.4 Å². The number of para-hydroxylation sites is 1. The van der Waals surface area contributed by atoms with E-state index in [1.807, 2.05) is 0 Å². The van der Waals surface area contributed by atoms with Gasteiger partial charge in [-0.3, -0.25) is 10.1 Å². The minimum absolute atomic E-state index is 0.0134. The molecule has 0 bridgehead atoms. The number of benzene rings is 2. The monoisotopic (exact) mass is 357 g/mol. The smallest absolute Gasteiger partial charge is 0.429 e. The standard InChI is InChI=1S/C15H10F3NO6/c16-15(17,18)25-13-4-2-1-3-10(13)9-23-14(20)24-12-7-5-11(6-8-12)19(21)22/h1-8H,9H2. The van der Waals surface area contributed by atoms with E-state index in [1.54, 1.807) is 0 Å². The molecule has 0 aliphatic heterocycles. The number of nitro groups is 1. The minimum Gasteiger partial charge on any atom is -0.429 e. The van der Waals surface area contributed by atoms with Crippen LogP contribution in [0.15, 0.2) is 48.5 Å². The highest BCUT2D eigenvalue weighted by Gasteiger charge is 2.32. The van der Waals surface area contributed by atoms with Crippen LogP contribution in [0.4, 0.5) is 23.7 Å². The van der Waals surface area contributed by atoms with Gasteiger partial charge in [-0.15, -0.1) is 13.2 Å². The van der Waals surface area contributed by atoms with Crippen LogP contribution in [-0.2, 0) is 11.3 Å². The van der Waals surface area contributed by atoms with Gasteiger partial charge in [-0.25, -0.2) is 4.79 Å². The Balaban J connectivity index is 1.95. The van der Waals surface area contributed by atoms with E-state index in [9.17, 15) is 28.1 Å². The molecule has 0 aliphatic carbocycles. The van der Waals surface area contributed by atoms with Gasteiger partial charge in [0.05, 0.1) is 4.92 Å². The molecule has 0 saturated heterocycles. The number of non-ortho nitro benzene ring substituents is 1. The molecule has 0 aromatic heterocycles. The largest absolute Gasteiger partial charge is 0.573 e. The van der Waals surface area contributed by atoms with Crippen LogP contribution in [0.3, 0.4) is 0 Å². The Morgan fingerprint density at radius 3 is 2.32 bits per heavy atom. The van der Waals surface area contributed by atoms with Crippen molar-refractivity contribution in [3.63, 3.8) is 0 Å². The van der Waals surface area contributed by atoms with Crippen molar-refractivity contribution in [3.8, 4) is 11.5 Å². The summed E-state index contributed by atoms with van der Waals surface area (Å²) < 4.78 is 50.2. The normalized spacial score (nSPS) is 10.8. The Labute approximate surface area is 138 Å². The third kappa shape index (κ3) is 5.68. The maximum absolute atomic E-state index is 12.3. The van der Waals surface area contributed by atoms with Crippen molar-refractivity contribution < 1.29 is 37.1 Å². The number of carbonyl (C=O) groups is 1. The number of ether oxygens (including phenoxy) is 3. The molecule has 0 aliphatic rings. The molecule has 0 amide bonds. The molecule has 2 aromatic rings. The van der Waals surface area contributed by atoms with Crippen molar-refractivity contribution in [2.45, 2.75) is 13.0 Å². The summed E-state index contributed by atoms with van der Waals surface area (Å²) in [5.74, 6) is -0.520. The van der Waals surface area contributed by atoms with E-state index in [0.29, 0.717) is 0 Å². The lowest BCUT2D eigenvalue weighted by molar-refractivity contribution is -0.384. The molecule has 0 atom stereocenters. The fraction of sp³-hybridized carbons (Fsp3) is 0.133. The predicted octanol–water partition coefficient (Wildman–Crippen LogP) is 4.21. The zero-order valence-corrected chi connectivity index (χ0v) is 12.4. The molecule has 0 saturated carbocycles. The fourth-order valence-electron chi connectivity index (χ4n) is 1.75. The highest BCUT2D eigenvalue weighted by Crippen LogP contribution is 2.27. The first-order valence-electron chi connectivity index (χ1n) is 6.67. The van der Waals surface area contributed by atoms with E-state index in [4.69, 9.17) is 9.47 Å². The number of alkyl halides is 3. The van der Waals surface area contributed by atoms with Crippen molar-refractivity contribution in [1.82, 2.24) is 0 Å². The van der Waals surface area contributed by atoms with Crippen LogP contribution in [0, 0.1) is 10.1 Å². The first-order valence-corrected chi connectivity index (χ1v) is 6.67. The molecule has 2 rings (SSSR count). The predicted molar refractivity (Wildman–Crippen MR) is 77.0 cm³/mol. The maximum Gasteiger partial charge on any atom is 0.573 e. The number of hydrogen-bond acceptors (Lipinski definition) is 6. The van der Waals surface area contributed by atoms with Gasteiger partial charge in [0.1, 0.15) is 18.1 Å².